The van der Waals surface area contributed by atoms with Gasteiger partial charge in [0.05, 0.1) is 15.6 Å². The van der Waals surface area contributed by atoms with E-state index in [-0.39, 0.29) is 18.0 Å². The Balaban J connectivity index is 1.64. The lowest BCUT2D eigenvalue weighted by Gasteiger charge is -2.09. The van der Waals surface area contributed by atoms with E-state index in [0.717, 1.165) is 0 Å². The van der Waals surface area contributed by atoms with Crippen molar-refractivity contribution in [2.75, 3.05) is 0 Å². The number of amides is 1. The first-order chi connectivity index (χ1) is 14.1. The normalized spacial score (nSPS) is 11.5. The summed E-state index contributed by atoms with van der Waals surface area (Å²) < 4.78 is 42.9. The fourth-order valence-electron chi connectivity index (χ4n) is 2.55. The summed E-state index contributed by atoms with van der Waals surface area (Å²) >= 11 is 6.49. The molecule has 0 bridgehead atoms. The van der Waals surface area contributed by atoms with Gasteiger partial charge in [-0.2, -0.15) is 0 Å². The van der Waals surface area contributed by atoms with Crippen molar-refractivity contribution in [3.05, 3.63) is 74.7 Å². The largest absolute Gasteiger partial charge is 0.522 e. The maximum Gasteiger partial charge on any atom is 0.522 e. The molecule has 3 aromatic rings. The summed E-state index contributed by atoms with van der Waals surface area (Å²) in [6.45, 7) is -0.491. The van der Waals surface area contributed by atoms with Crippen molar-refractivity contribution in [2.24, 2.45) is 0 Å². The molecule has 0 unspecified atom stereocenters. The number of carbonyl (C=O) groups is 1. The fourth-order valence-corrected chi connectivity index (χ4v) is 3.71. The number of hydrogen-bond acceptors (Lipinski definition) is 4. The maximum atomic E-state index is 12.4. The van der Waals surface area contributed by atoms with Crippen LogP contribution < -0.4 is 5.32 Å². The number of imidazole rings is 1. The van der Waals surface area contributed by atoms with Crippen LogP contribution in [0.1, 0.15) is 21.6 Å². The van der Waals surface area contributed by atoms with Gasteiger partial charge in [-0.25, -0.2) is 4.98 Å². The zero-order valence-corrected chi connectivity index (χ0v) is 18.3. The molecule has 0 aliphatic heterocycles. The number of halogens is 5. The first-order valence-electron chi connectivity index (χ1n) is 8.41. The monoisotopic (exact) mass is 547 g/mol. The number of phenols is 1. The number of hydrogen-bond donors (Lipinski definition) is 2. The molecule has 11 heteroatoms. The Bertz CT molecular complexity index is 1050. The van der Waals surface area contributed by atoms with E-state index in [1.807, 2.05) is 0 Å². The molecule has 0 saturated heterocycles. The minimum atomic E-state index is -4.70. The number of phenolic OH excluding ortho intramolecular Hbond substituents is 1. The molecule has 3 rings (SSSR count). The summed E-state index contributed by atoms with van der Waals surface area (Å²) in [4.78, 5) is 16.4. The predicted molar refractivity (Wildman–Crippen MR) is 109 cm³/mol. The molecule has 6 nitrogen and oxygen atoms in total. The molecule has 30 heavy (non-hydrogen) atoms. The summed E-state index contributed by atoms with van der Waals surface area (Å²) in [6.07, 6.45) is -1.73. The van der Waals surface area contributed by atoms with Crippen LogP contribution >= 0.6 is 31.9 Å². The number of nitrogens with one attached hydrogen (secondary N) is 1. The SMILES string of the molecule is O=C(NCc1cccc(COC(F)(F)F)c1)c1cn(-c2cc(Br)c(O)c(Br)c2)cn1. The average molecular weight is 549 g/mol. The van der Waals surface area contributed by atoms with Crippen LogP contribution in [0.25, 0.3) is 5.69 Å². The highest BCUT2D eigenvalue weighted by molar-refractivity contribution is 9.11. The maximum absolute atomic E-state index is 12.4. The van der Waals surface area contributed by atoms with Crippen molar-refractivity contribution in [1.82, 2.24) is 14.9 Å². The van der Waals surface area contributed by atoms with Crippen LogP contribution in [0.15, 0.2) is 57.9 Å². The molecule has 1 amide bonds. The Kier molecular flexibility index (Phi) is 6.84. The van der Waals surface area contributed by atoms with Crippen molar-refractivity contribution in [3.63, 3.8) is 0 Å². The molecule has 0 saturated carbocycles. The quantitative estimate of drug-likeness (QED) is 0.451. The molecule has 2 aromatic carbocycles. The van der Waals surface area contributed by atoms with Crippen molar-refractivity contribution < 1.29 is 27.8 Å². The lowest BCUT2D eigenvalue weighted by Crippen LogP contribution is -2.23. The Morgan fingerprint density at radius 3 is 2.50 bits per heavy atom. The van der Waals surface area contributed by atoms with E-state index >= 15 is 0 Å². The van der Waals surface area contributed by atoms with E-state index < -0.39 is 18.9 Å². The molecule has 158 valence electrons. The first-order valence-corrected chi connectivity index (χ1v) is 10.00. The number of nitrogens with zero attached hydrogens (tertiary/aromatic N) is 2. The van der Waals surface area contributed by atoms with Gasteiger partial charge in [0.25, 0.3) is 5.91 Å². The van der Waals surface area contributed by atoms with Crippen molar-refractivity contribution in [3.8, 4) is 11.4 Å². The molecule has 0 aliphatic rings. The third-order valence-electron chi connectivity index (χ3n) is 3.96. The second-order valence-corrected chi connectivity index (χ2v) is 7.87. The van der Waals surface area contributed by atoms with E-state index in [2.05, 4.69) is 46.9 Å². The number of ether oxygens (including phenoxy) is 1. The van der Waals surface area contributed by atoms with Crippen LogP contribution in [0, 0.1) is 0 Å². The third kappa shape index (κ3) is 5.83. The Hall–Kier alpha value is -2.37. The molecule has 0 spiro atoms. The van der Waals surface area contributed by atoms with Crippen LogP contribution in [0.4, 0.5) is 13.2 Å². The number of alkyl halides is 3. The first kappa shape index (κ1) is 22.3. The zero-order valence-electron chi connectivity index (χ0n) is 15.1. The highest BCUT2D eigenvalue weighted by atomic mass is 79.9. The summed E-state index contributed by atoms with van der Waals surface area (Å²) in [6, 6.07) is 9.63. The smallest absolute Gasteiger partial charge is 0.506 e. The minimum absolute atomic E-state index is 0.0553. The van der Waals surface area contributed by atoms with Gasteiger partial charge in [0.2, 0.25) is 0 Å². The molecule has 0 fully saturated rings. The molecular formula is C19H14Br2F3N3O3. The van der Waals surface area contributed by atoms with E-state index in [4.69, 9.17) is 0 Å². The van der Waals surface area contributed by atoms with Gasteiger partial charge >= 0.3 is 6.36 Å². The van der Waals surface area contributed by atoms with E-state index in [9.17, 15) is 23.1 Å². The van der Waals surface area contributed by atoms with E-state index in [1.54, 1.807) is 28.8 Å². The molecule has 0 atom stereocenters. The average Bonchev–Trinajstić information content (AvgIpc) is 3.18. The van der Waals surface area contributed by atoms with Gasteiger partial charge in [-0.15, -0.1) is 13.2 Å². The highest BCUT2D eigenvalue weighted by Crippen LogP contribution is 2.34. The van der Waals surface area contributed by atoms with E-state index in [1.165, 1.54) is 24.7 Å². The second-order valence-electron chi connectivity index (χ2n) is 6.16. The second kappa shape index (κ2) is 9.19. The third-order valence-corrected chi connectivity index (χ3v) is 5.17. The fraction of sp³-hybridized carbons (Fsp3) is 0.158. The van der Waals surface area contributed by atoms with Crippen LogP contribution in [-0.2, 0) is 17.9 Å². The van der Waals surface area contributed by atoms with Crippen LogP contribution in [0.2, 0.25) is 0 Å². The Morgan fingerprint density at radius 1 is 1.17 bits per heavy atom. The van der Waals surface area contributed by atoms with Crippen molar-refractivity contribution in [2.45, 2.75) is 19.5 Å². The summed E-state index contributed by atoms with van der Waals surface area (Å²) in [5, 5.41) is 12.5. The highest BCUT2D eigenvalue weighted by Gasteiger charge is 2.28. The molecule has 0 radical (unpaired) electrons. The van der Waals surface area contributed by atoms with Crippen LogP contribution in [-0.4, -0.2) is 26.9 Å². The number of rotatable bonds is 6. The molecule has 1 aromatic heterocycles. The minimum Gasteiger partial charge on any atom is -0.506 e. The van der Waals surface area contributed by atoms with Gasteiger partial charge in [-0.05, 0) is 55.1 Å². The van der Waals surface area contributed by atoms with Crippen LogP contribution in [0.5, 0.6) is 5.75 Å². The van der Waals surface area contributed by atoms with Crippen molar-refractivity contribution >= 4 is 37.8 Å². The topological polar surface area (TPSA) is 76.4 Å². The molecular weight excluding hydrogens is 535 g/mol. The number of aromatic nitrogens is 2. The zero-order chi connectivity index (χ0) is 21.9. The Morgan fingerprint density at radius 2 is 1.83 bits per heavy atom. The Labute approximate surface area is 185 Å². The summed E-state index contributed by atoms with van der Waals surface area (Å²) in [7, 11) is 0. The molecule has 0 aliphatic carbocycles. The van der Waals surface area contributed by atoms with Gasteiger partial charge in [0, 0.05) is 18.4 Å². The number of aromatic hydroxyl groups is 1. The van der Waals surface area contributed by atoms with Gasteiger partial charge in [-0.3, -0.25) is 9.53 Å². The number of benzene rings is 2. The van der Waals surface area contributed by atoms with Gasteiger partial charge in [0.1, 0.15) is 17.8 Å². The lowest BCUT2D eigenvalue weighted by molar-refractivity contribution is -0.330. The molecule has 2 N–H and O–H groups in total. The number of carbonyl (C=O) groups excluding carboxylic acids is 1. The summed E-state index contributed by atoms with van der Waals surface area (Å²) in [5.41, 5.74) is 1.78. The van der Waals surface area contributed by atoms with Gasteiger partial charge < -0.3 is 15.0 Å². The lowest BCUT2D eigenvalue weighted by atomic mass is 10.1. The van der Waals surface area contributed by atoms with Gasteiger partial charge in [0.15, 0.2) is 0 Å². The predicted octanol–water partition coefficient (Wildman–Crippen LogP) is 5.07. The summed E-state index contributed by atoms with van der Waals surface area (Å²) in [5.74, 6) is -0.387. The van der Waals surface area contributed by atoms with Crippen LogP contribution in [0.3, 0.4) is 0 Å². The van der Waals surface area contributed by atoms with Crippen molar-refractivity contribution in [1.29, 1.82) is 0 Å². The standard InChI is InChI=1S/C19H14Br2F3N3O3/c20-14-5-13(6-15(21)17(14)28)27-8-16(26-10-27)18(29)25-7-11-2-1-3-12(4-11)9-30-19(22,23)24/h1-6,8,10,28H,7,9H2,(H,25,29). The van der Waals surface area contributed by atoms with E-state index in [0.29, 0.717) is 25.8 Å². The molecule has 1 heterocycles. The van der Waals surface area contributed by atoms with Gasteiger partial charge in [-0.1, -0.05) is 24.3 Å².